The van der Waals surface area contributed by atoms with E-state index in [0.717, 1.165) is 19.6 Å². The first kappa shape index (κ1) is 19.2. The summed E-state index contributed by atoms with van der Waals surface area (Å²) >= 11 is 0. The van der Waals surface area contributed by atoms with Crippen LogP contribution in [0.4, 0.5) is 0 Å². The normalized spacial score (nSPS) is 16.0. The van der Waals surface area contributed by atoms with E-state index in [2.05, 4.69) is 52.7 Å². The van der Waals surface area contributed by atoms with Crippen LogP contribution in [0.5, 0.6) is 0 Å². The third-order valence-corrected chi connectivity index (χ3v) is 5.42. The fraction of sp³-hybridized carbons (Fsp3) is 0.304. The highest BCUT2D eigenvalue weighted by atomic mass is 16.3. The molecule has 6 nitrogen and oxygen atoms in total. The summed E-state index contributed by atoms with van der Waals surface area (Å²) in [6.07, 6.45) is 1.44. The van der Waals surface area contributed by atoms with Gasteiger partial charge in [-0.15, -0.1) is 0 Å². The van der Waals surface area contributed by atoms with Gasteiger partial charge in [0.05, 0.1) is 6.26 Å². The van der Waals surface area contributed by atoms with Crippen LogP contribution in [-0.4, -0.2) is 53.8 Å². The third kappa shape index (κ3) is 4.32. The van der Waals surface area contributed by atoms with E-state index in [0.29, 0.717) is 13.1 Å². The lowest BCUT2D eigenvalue weighted by Crippen LogP contribution is -2.53. The minimum absolute atomic E-state index is 0.0604. The Morgan fingerprint density at radius 1 is 1.00 bits per heavy atom. The smallest absolute Gasteiger partial charge is 0.287 e. The van der Waals surface area contributed by atoms with Crippen molar-refractivity contribution in [2.24, 2.45) is 0 Å². The van der Waals surface area contributed by atoms with Crippen LogP contribution in [0.25, 0.3) is 10.8 Å². The Morgan fingerprint density at radius 2 is 1.76 bits per heavy atom. The highest BCUT2D eigenvalue weighted by molar-refractivity contribution is 5.95. The summed E-state index contributed by atoms with van der Waals surface area (Å²) in [6, 6.07) is 17.5. The summed E-state index contributed by atoms with van der Waals surface area (Å²) in [4.78, 5) is 29.0. The van der Waals surface area contributed by atoms with E-state index in [1.807, 2.05) is 4.90 Å². The van der Waals surface area contributed by atoms with Gasteiger partial charge in [-0.2, -0.15) is 0 Å². The van der Waals surface area contributed by atoms with Crippen LogP contribution in [0.15, 0.2) is 65.3 Å². The molecule has 2 heterocycles. The van der Waals surface area contributed by atoms with E-state index in [1.54, 1.807) is 19.1 Å². The number of piperazine rings is 1. The van der Waals surface area contributed by atoms with Gasteiger partial charge in [0.25, 0.3) is 5.91 Å². The van der Waals surface area contributed by atoms with Gasteiger partial charge >= 0.3 is 0 Å². The number of fused-ring (bicyclic) bond motifs is 1. The van der Waals surface area contributed by atoms with Crippen LogP contribution in [0.2, 0.25) is 0 Å². The molecule has 0 bridgehead atoms. The van der Waals surface area contributed by atoms with Crippen molar-refractivity contribution in [3.63, 3.8) is 0 Å². The quantitative estimate of drug-likeness (QED) is 0.726. The molecule has 1 aliphatic heterocycles. The first-order valence-corrected chi connectivity index (χ1v) is 9.94. The highest BCUT2D eigenvalue weighted by Gasteiger charge is 2.26. The maximum atomic E-state index is 12.7. The number of hydrogen-bond acceptors (Lipinski definition) is 4. The number of benzene rings is 2. The van der Waals surface area contributed by atoms with Gasteiger partial charge in [0.15, 0.2) is 5.76 Å². The number of rotatable bonds is 5. The summed E-state index contributed by atoms with van der Waals surface area (Å²) in [7, 11) is 0. The number of nitrogens with zero attached hydrogens (tertiary/aromatic N) is 2. The zero-order valence-corrected chi connectivity index (χ0v) is 16.5. The predicted octanol–water partition coefficient (Wildman–Crippen LogP) is 2.90. The van der Waals surface area contributed by atoms with Crippen molar-refractivity contribution in [3.8, 4) is 0 Å². The van der Waals surface area contributed by atoms with Gasteiger partial charge in [-0.05, 0) is 35.4 Å². The Balaban J connectivity index is 1.32. The third-order valence-electron chi connectivity index (χ3n) is 5.42. The Kier molecular flexibility index (Phi) is 5.62. The second kappa shape index (κ2) is 8.49. The molecule has 0 saturated carbocycles. The monoisotopic (exact) mass is 391 g/mol. The maximum Gasteiger partial charge on any atom is 0.287 e. The van der Waals surface area contributed by atoms with Crippen molar-refractivity contribution in [2.45, 2.75) is 19.5 Å². The van der Waals surface area contributed by atoms with Gasteiger partial charge in [0.1, 0.15) is 6.04 Å². The Labute approximate surface area is 170 Å². The van der Waals surface area contributed by atoms with E-state index < -0.39 is 6.04 Å². The van der Waals surface area contributed by atoms with E-state index in [-0.39, 0.29) is 17.6 Å². The number of hydrogen-bond donors (Lipinski definition) is 1. The van der Waals surface area contributed by atoms with Crippen LogP contribution in [-0.2, 0) is 11.3 Å². The second-order valence-electron chi connectivity index (χ2n) is 7.41. The van der Waals surface area contributed by atoms with E-state index in [4.69, 9.17) is 4.42 Å². The topological polar surface area (TPSA) is 65.8 Å². The average Bonchev–Trinajstić information content (AvgIpc) is 3.29. The summed E-state index contributed by atoms with van der Waals surface area (Å²) in [5.41, 5.74) is 1.31. The second-order valence-corrected chi connectivity index (χ2v) is 7.41. The Bertz CT molecular complexity index is 986. The lowest BCUT2D eigenvalue weighted by atomic mass is 10.0. The fourth-order valence-corrected chi connectivity index (χ4v) is 3.81. The van der Waals surface area contributed by atoms with Crippen molar-refractivity contribution in [1.82, 2.24) is 15.1 Å². The standard InChI is InChI=1S/C23H25N3O3/c1-17(24-22(27)21-10-5-15-29-21)23(28)26-13-11-25(12-14-26)16-19-8-4-7-18-6-2-3-9-20(18)19/h2-10,15,17H,11-14,16H2,1H3,(H,24,27)/t17-/m0/s1. The molecule has 1 aliphatic rings. The highest BCUT2D eigenvalue weighted by Crippen LogP contribution is 2.20. The number of nitrogens with one attached hydrogen (secondary N) is 1. The van der Waals surface area contributed by atoms with Crippen LogP contribution < -0.4 is 5.32 Å². The van der Waals surface area contributed by atoms with Gasteiger partial charge in [-0.3, -0.25) is 14.5 Å². The molecular weight excluding hydrogens is 366 g/mol. The average molecular weight is 391 g/mol. The summed E-state index contributed by atoms with van der Waals surface area (Å²) in [5.74, 6) is -0.218. The molecule has 1 fully saturated rings. The van der Waals surface area contributed by atoms with E-state index >= 15 is 0 Å². The molecule has 2 aromatic carbocycles. The van der Waals surface area contributed by atoms with E-state index in [9.17, 15) is 9.59 Å². The van der Waals surface area contributed by atoms with E-state index in [1.165, 1.54) is 22.6 Å². The molecule has 1 N–H and O–H groups in total. The molecule has 1 atom stereocenters. The zero-order valence-electron chi connectivity index (χ0n) is 16.5. The molecule has 0 radical (unpaired) electrons. The number of carbonyl (C=O) groups is 2. The number of amides is 2. The van der Waals surface area contributed by atoms with Gasteiger partial charge < -0.3 is 14.6 Å². The Morgan fingerprint density at radius 3 is 2.52 bits per heavy atom. The Hall–Kier alpha value is -3.12. The van der Waals surface area contributed by atoms with Crippen LogP contribution in [0.3, 0.4) is 0 Å². The molecule has 1 saturated heterocycles. The molecule has 2 amide bonds. The first-order valence-electron chi connectivity index (χ1n) is 9.94. The molecule has 4 rings (SSSR count). The molecule has 29 heavy (non-hydrogen) atoms. The van der Waals surface area contributed by atoms with Gasteiger partial charge in [0.2, 0.25) is 5.91 Å². The summed E-state index contributed by atoms with van der Waals surface area (Å²) in [6.45, 7) is 5.52. The number of carbonyl (C=O) groups excluding carboxylic acids is 2. The largest absolute Gasteiger partial charge is 0.459 e. The van der Waals surface area contributed by atoms with Crippen LogP contribution >= 0.6 is 0 Å². The van der Waals surface area contributed by atoms with Gasteiger partial charge in [0, 0.05) is 32.7 Å². The molecule has 1 aromatic heterocycles. The van der Waals surface area contributed by atoms with Crippen LogP contribution in [0.1, 0.15) is 23.0 Å². The fourth-order valence-electron chi connectivity index (χ4n) is 3.81. The van der Waals surface area contributed by atoms with Crippen molar-refractivity contribution < 1.29 is 14.0 Å². The minimum atomic E-state index is -0.586. The molecule has 0 aliphatic carbocycles. The minimum Gasteiger partial charge on any atom is -0.459 e. The SMILES string of the molecule is C[C@H](NC(=O)c1ccco1)C(=O)N1CCN(Cc2cccc3ccccc23)CC1. The van der Waals surface area contributed by atoms with Crippen molar-refractivity contribution >= 4 is 22.6 Å². The molecule has 0 spiro atoms. The van der Waals surface area contributed by atoms with Crippen LogP contribution in [0, 0.1) is 0 Å². The number of furan rings is 1. The van der Waals surface area contributed by atoms with Gasteiger partial charge in [-0.25, -0.2) is 0 Å². The summed E-state index contributed by atoms with van der Waals surface area (Å²) in [5, 5.41) is 5.24. The van der Waals surface area contributed by atoms with Crippen molar-refractivity contribution in [3.05, 3.63) is 72.2 Å². The maximum absolute atomic E-state index is 12.7. The van der Waals surface area contributed by atoms with Crippen molar-refractivity contribution in [1.29, 1.82) is 0 Å². The molecular formula is C23H25N3O3. The lowest BCUT2D eigenvalue weighted by molar-refractivity contribution is -0.134. The molecule has 0 unspecified atom stereocenters. The first-order chi connectivity index (χ1) is 14.1. The molecule has 6 heteroatoms. The zero-order chi connectivity index (χ0) is 20.2. The lowest BCUT2D eigenvalue weighted by Gasteiger charge is -2.36. The van der Waals surface area contributed by atoms with Crippen molar-refractivity contribution in [2.75, 3.05) is 26.2 Å². The summed E-state index contributed by atoms with van der Waals surface area (Å²) < 4.78 is 5.08. The van der Waals surface area contributed by atoms with Gasteiger partial charge in [-0.1, -0.05) is 42.5 Å². The predicted molar refractivity (Wildman–Crippen MR) is 111 cm³/mol. The molecule has 150 valence electrons. The molecule has 3 aromatic rings.